The molecule has 0 atom stereocenters. The molecule has 0 aliphatic carbocycles. The minimum absolute atomic E-state index is 0.00880. The topological polar surface area (TPSA) is 77.1 Å². The third-order valence-electron chi connectivity index (χ3n) is 2.40. The average Bonchev–Trinajstić information content (AvgIpc) is 2.87. The average molecular weight is 265 g/mol. The van der Waals surface area contributed by atoms with Crippen LogP contribution in [0.2, 0.25) is 0 Å². The van der Waals surface area contributed by atoms with E-state index >= 15 is 0 Å². The van der Waals surface area contributed by atoms with Crippen LogP contribution in [-0.2, 0) is 4.74 Å². The van der Waals surface area contributed by atoms with E-state index < -0.39 is 11.8 Å². The SMILES string of the molecule is CCOC(=O)c1n[nH]nc1-c1cc(F)cc(OC)c1. The summed E-state index contributed by atoms with van der Waals surface area (Å²) in [5.74, 6) is -0.783. The molecule has 19 heavy (non-hydrogen) atoms. The molecule has 7 heteroatoms. The molecular weight excluding hydrogens is 253 g/mol. The Morgan fingerprint density at radius 3 is 2.84 bits per heavy atom. The van der Waals surface area contributed by atoms with Crippen LogP contribution in [0.4, 0.5) is 4.39 Å². The first-order valence-corrected chi connectivity index (χ1v) is 5.58. The fourth-order valence-electron chi connectivity index (χ4n) is 1.59. The second kappa shape index (κ2) is 5.47. The van der Waals surface area contributed by atoms with Gasteiger partial charge in [0.2, 0.25) is 0 Å². The molecule has 0 bridgehead atoms. The molecule has 0 spiro atoms. The van der Waals surface area contributed by atoms with Crippen LogP contribution < -0.4 is 4.74 Å². The van der Waals surface area contributed by atoms with Gasteiger partial charge < -0.3 is 9.47 Å². The number of H-pyrrole nitrogens is 1. The number of hydrogen-bond acceptors (Lipinski definition) is 5. The number of hydrogen-bond donors (Lipinski definition) is 1. The van der Waals surface area contributed by atoms with Gasteiger partial charge in [-0.1, -0.05) is 0 Å². The number of rotatable bonds is 4. The molecule has 0 radical (unpaired) electrons. The van der Waals surface area contributed by atoms with E-state index in [-0.39, 0.29) is 18.0 Å². The Bertz CT molecular complexity index is 598. The van der Waals surface area contributed by atoms with Gasteiger partial charge in [0.1, 0.15) is 17.3 Å². The number of esters is 1. The van der Waals surface area contributed by atoms with Gasteiger partial charge in [-0.2, -0.15) is 10.3 Å². The van der Waals surface area contributed by atoms with E-state index in [9.17, 15) is 9.18 Å². The van der Waals surface area contributed by atoms with Crippen LogP contribution in [-0.4, -0.2) is 35.1 Å². The maximum absolute atomic E-state index is 13.4. The predicted molar refractivity (Wildman–Crippen MR) is 64.3 cm³/mol. The van der Waals surface area contributed by atoms with Gasteiger partial charge in [0.25, 0.3) is 0 Å². The third kappa shape index (κ3) is 2.70. The van der Waals surface area contributed by atoms with Crippen molar-refractivity contribution in [2.24, 2.45) is 0 Å². The Hall–Kier alpha value is -2.44. The zero-order valence-corrected chi connectivity index (χ0v) is 10.4. The molecule has 0 amide bonds. The van der Waals surface area contributed by atoms with Crippen molar-refractivity contribution in [2.45, 2.75) is 6.92 Å². The molecule has 2 aromatic rings. The Morgan fingerprint density at radius 2 is 2.16 bits per heavy atom. The van der Waals surface area contributed by atoms with Crippen molar-refractivity contribution in [1.29, 1.82) is 0 Å². The van der Waals surface area contributed by atoms with Crippen molar-refractivity contribution in [3.8, 4) is 17.0 Å². The van der Waals surface area contributed by atoms with E-state index in [0.29, 0.717) is 11.3 Å². The summed E-state index contributed by atoms with van der Waals surface area (Å²) in [4.78, 5) is 11.7. The van der Waals surface area contributed by atoms with Crippen LogP contribution >= 0.6 is 0 Å². The molecule has 1 N–H and O–H groups in total. The Balaban J connectivity index is 2.45. The monoisotopic (exact) mass is 265 g/mol. The molecule has 6 nitrogen and oxygen atoms in total. The molecular formula is C12H12FN3O3. The molecule has 0 unspecified atom stereocenters. The van der Waals surface area contributed by atoms with Gasteiger partial charge in [0.05, 0.1) is 13.7 Å². The van der Waals surface area contributed by atoms with E-state index in [2.05, 4.69) is 15.4 Å². The van der Waals surface area contributed by atoms with Gasteiger partial charge in [-0.3, -0.25) is 0 Å². The molecule has 0 fully saturated rings. The highest BCUT2D eigenvalue weighted by atomic mass is 19.1. The van der Waals surface area contributed by atoms with Gasteiger partial charge in [-0.05, 0) is 19.1 Å². The lowest BCUT2D eigenvalue weighted by atomic mass is 10.1. The summed E-state index contributed by atoms with van der Waals surface area (Å²) in [6, 6.07) is 4.03. The smallest absolute Gasteiger partial charge is 0.361 e. The zero-order valence-electron chi connectivity index (χ0n) is 10.4. The van der Waals surface area contributed by atoms with E-state index in [1.807, 2.05) is 0 Å². The summed E-state index contributed by atoms with van der Waals surface area (Å²) in [6.45, 7) is 1.90. The van der Waals surface area contributed by atoms with Crippen molar-refractivity contribution in [2.75, 3.05) is 13.7 Å². The highest BCUT2D eigenvalue weighted by molar-refractivity contribution is 5.93. The number of aromatic nitrogens is 3. The highest BCUT2D eigenvalue weighted by Gasteiger charge is 2.20. The molecule has 1 aromatic carbocycles. The summed E-state index contributed by atoms with van der Waals surface area (Å²) in [7, 11) is 1.42. The summed E-state index contributed by atoms with van der Waals surface area (Å²) in [5, 5.41) is 9.90. The van der Waals surface area contributed by atoms with Crippen LogP contribution in [0.1, 0.15) is 17.4 Å². The van der Waals surface area contributed by atoms with Crippen LogP contribution in [0.25, 0.3) is 11.3 Å². The second-order valence-electron chi connectivity index (χ2n) is 3.62. The summed E-state index contributed by atoms with van der Waals surface area (Å²) in [6.07, 6.45) is 0. The number of carbonyl (C=O) groups excluding carboxylic acids is 1. The highest BCUT2D eigenvalue weighted by Crippen LogP contribution is 2.26. The summed E-state index contributed by atoms with van der Waals surface area (Å²) >= 11 is 0. The fourth-order valence-corrected chi connectivity index (χ4v) is 1.59. The molecule has 2 rings (SSSR count). The first-order chi connectivity index (χ1) is 9.15. The van der Waals surface area contributed by atoms with Gasteiger partial charge in [-0.15, -0.1) is 5.10 Å². The molecule has 1 aromatic heterocycles. The number of nitrogens with zero attached hydrogens (tertiary/aromatic N) is 2. The standard InChI is InChI=1S/C12H12FN3O3/c1-3-19-12(17)11-10(14-16-15-11)7-4-8(13)6-9(5-7)18-2/h4-6H,3H2,1-2H3,(H,14,15,16). The van der Waals surface area contributed by atoms with Crippen molar-refractivity contribution >= 4 is 5.97 Å². The lowest BCUT2D eigenvalue weighted by molar-refractivity contribution is 0.0520. The van der Waals surface area contributed by atoms with Gasteiger partial charge >= 0.3 is 5.97 Å². The number of aromatic amines is 1. The van der Waals surface area contributed by atoms with Crippen molar-refractivity contribution in [3.05, 3.63) is 29.7 Å². The first kappa shape index (κ1) is 13.0. The number of carbonyl (C=O) groups is 1. The Morgan fingerprint density at radius 1 is 1.37 bits per heavy atom. The van der Waals surface area contributed by atoms with Crippen LogP contribution in [0.5, 0.6) is 5.75 Å². The quantitative estimate of drug-likeness (QED) is 0.853. The molecule has 100 valence electrons. The maximum atomic E-state index is 13.4. The largest absolute Gasteiger partial charge is 0.497 e. The van der Waals surface area contributed by atoms with E-state index in [0.717, 1.165) is 0 Å². The van der Waals surface area contributed by atoms with Crippen molar-refractivity contribution in [1.82, 2.24) is 15.4 Å². The third-order valence-corrected chi connectivity index (χ3v) is 2.40. The van der Waals surface area contributed by atoms with E-state index in [1.54, 1.807) is 13.0 Å². The molecule has 0 aliphatic rings. The van der Waals surface area contributed by atoms with Gasteiger partial charge in [0.15, 0.2) is 5.69 Å². The molecule has 0 aliphatic heterocycles. The van der Waals surface area contributed by atoms with Gasteiger partial charge in [-0.25, -0.2) is 9.18 Å². The lowest BCUT2D eigenvalue weighted by Crippen LogP contribution is -2.06. The maximum Gasteiger partial charge on any atom is 0.361 e. The van der Waals surface area contributed by atoms with Crippen LogP contribution in [0.3, 0.4) is 0 Å². The number of nitrogens with one attached hydrogen (secondary N) is 1. The number of methoxy groups -OCH3 is 1. The van der Waals surface area contributed by atoms with Crippen molar-refractivity contribution < 1.29 is 18.7 Å². The van der Waals surface area contributed by atoms with Crippen LogP contribution in [0, 0.1) is 5.82 Å². The second-order valence-corrected chi connectivity index (χ2v) is 3.62. The van der Waals surface area contributed by atoms with Crippen molar-refractivity contribution in [3.63, 3.8) is 0 Å². The Kier molecular flexibility index (Phi) is 3.74. The minimum atomic E-state index is -0.616. The first-order valence-electron chi connectivity index (χ1n) is 5.58. The fraction of sp³-hybridized carbons (Fsp3) is 0.250. The number of halogens is 1. The zero-order chi connectivity index (χ0) is 13.8. The number of benzene rings is 1. The lowest BCUT2D eigenvalue weighted by Gasteiger charge is -2.04. The van der Waals surface area contributed by atoms with Gasteiger partial charge in [0, 0.05) is 11.6 Å². The summed E-state index contributed by atoms with van der Waals surface area (Å²) in [5.41, 5.74) is 0.611. The predicted octanol–water partition coefficient (Wildman–Crippen LogP) is 1.80. The van der Waals surface area contributed by atoms with E-state index in [1.165, 1.54) is 19.2 Å². The van der Waals surface area contributed by atoms with Crippen LogP contribution in [0.15, 0.2) is 18.2 Å². The molecule has 1 heterocycles. The Labute approximate surface area is 108 Å². The molecule has 0 saturated heterocycles. The number of ether oxygens (including phenoxy) is 2. The normalized spacial score (nSPS) is 10.3. The summed E-state index contributed by atoms with van der Waals surface area (Å²) < 4.78 is 23.2. The minimum Gasteiger partial charge on any atom is -0.497 e. The molecule has 0 saturated carbocycles. The van der Waals surface area contributed by atoms with E-state index in [4.69, 9.17) is 9.47 Å².